The Kier molecular flexibility index (Phi) is 6.47. The van der Waals surface area contributed by atoms with Crippen LogP contribution in [0.5, 0.6) is 0 Å². The van der Waals surface area contributed by atoms with Gasteiger partial charge in [-0.05, 0) is 17.7 Å². The third-order valence-electron chi connectivity index (χ3n) is 1.84. The molecule has 0 bridgehead atoms. The maximum atomic E-state index is 11.7. The lowest BCUT2D eigenvalue weighted by Crippen LogP contribution is -2.30. The van der Waals surface area contributed by atoms with Gasteiger partial charge in [-0.15, -0.1) is 11.8 Å². The summed E-state index contributed by atoms with van der Waals surface area (Å²) in [7, 11) is 0. The Morgan fingerprint density at radius 2 is 1.95 bits per heavy atom. The van der Waals surface area contributed by atoms with E-state index in [1.807, 2.05) is 12.1 Å². The lowest BCUT2D eigenvalue weighted by molar-refractivity contribution is -0.191. The highest BCUT2D eigenvalue weighted by Gasteiger charge is 2.28. The number of halogens is 4. The highest BCUT2D eigenvalue weighted by Crippen LogP contribution is 2.16. The molecule has 3 nitrogen and oxygen atoms in total. The molecule has 0 fully saturated rings. The molecule has 0 saturated heterocycles. The van der Waals surface area contributed by atoms with Gasteiger partial charge in [0.25, 0.3) is 5.91 Å². The molecule has 0 spiro atoms. The molecule has 106 valence electrons. The van der Waals surface area contributed by atoms with Crippen LogP contribution < -0.4 is 5.48 Å². The van der Waals surface area contributed by atoms with E-state index in [1.165, 1.54) is 11.8 Å². The number of hydroxylamine groups is 1. The van der Waals surface area contributed by atoms with E-state index in [9.17, 15) is 18.0 Å². The van der Waals surface area contributed by atoms with Crippen molar-refractivity contribution >= 4 is 29.3 Å². The minimum Gasteiger partial charge on any atom is -0.272 e. The number of hydrogen-bond acceptors (Lipinski definition) is 3. The summed E-state index contributed by atoms with van der Waals surface area (Å²) in [5, 5.41) is 0.618. The third-order valence-corrected chi connectivity index (χ3v) is 3.09. The fourth-order valence-corrected chi connectivity index (χ4v) is 1.97. The van der Waals surface area contributed by atoms with Crippen molar-refractivity contribution in [3.05, 3.63) is 34.9 Å². The summed E-state index contributed by atoms with van der Waals surface area (Å²) in [6.07, 6.45) is -4.45. The van der Waals surface area contributed by atoms with Crippen LogP contribution in [0.3, 0.4) is 0 Å². The molecule has 0 heterocycles. The zero-order valence-electron chi connectivity index (χ0n) is 9.67. The van der Waals surface area contributed by atoms with E-state index in [-0.39, 0.29) is 5.75 Å². The Balaban J connectivity index is 2.15. The number of amides is 1. The number of rotatable bonds is 6. The average molecular weight is 314 g/mol. The Morgan fingerprint density at radius 3 is 2.53 bits per heavy atom. The molecular weight excluding hydrogens is 303 g/mol. The first-order valence-corrected chi connectivity index (χ1v) is 6.69. The summed E-state index contributed by atoms with van der Waals surface area (Å²) in [4.78, 5) is 15.2. The van der Waals surface area contributed by atoms with Gasteiger partial charge in [0.15, 0.2) is 6.61 Å². The second-order valence-corrected chi connectivity index (χ2v) is 4.97. The minimum atomic E-state index is -4.45. The highest BCUT2D eigenvalue weighted by molar-refractivity contribution is 7.99. The quantitative estimate of drug-likeness (QED) is 0.820. The first kappa shape index (κ1) is 16.1. The number of benzene rings is 1. The van der Waals surface area contributed by atoms with E-state index in [2.05, 4.69) is 4.84 Å². The molecule has 0 aliphatic rings. The van der Waals surface area contributed by atoms with E-state index in [1.54, 1.807) is 17.6 Å². The number of hydrogen-bond donors (Lipinski definition) is 1. The molecular formula is C11H11ClF3NO2S. The van der Waals surface area contributed by atoms with E-state index in [0.29, 0.717) is 10.8 Å². The fourth-order valence-electron chi connectivity index (χ4n) is 1.07. The summed E-state index contributed by atoms with van der Waals surface area (Å²) in [5.41, 5.74) is 2.70. The molecule has 0 aliphatic heterocycles. The molecule has 19 heavy (non-hydrogen) atoms. The number of nitrogens with one attached hydrogen (secondary N) is 1. The SMILES string of the molecule is O=C(CSCc1ccc(Cl)cc1)NOCC(F)(F)F. The topological polar surface area (TPSA) is 38.3 Å². The summed E-state index contributed by atoms with van der Waals surface area (Å²) < 4.78 is 35.2. The van der Waals surface area contributed by atoms with Crippen LogP contribution in [0, 0.1) is 0 Å². The van der Waals surface area contributed by atoms with Crippen LogP contribution in [0.1, 0.15) is 5.56 Å². The van der Waals surface area contributed by atoms with Crippen molar-refractivity contribution in [2.24, 2.45) is 0 Å². The standard InChI is InChI=1S/C11H11ClF3NO2S/c12-9-3-1-8(2-4-9)5-19-6-10(17)16-18-7-11(13,14)15/h1-4H,5-7H2,(H,16,17). The molecule has 0 unspecified atom stereocenters. The van der Waals surface area contributed by atoms with Crippen molar-refractivity contribution in [2.75, 3.05) is 12.4 Å². The number of carbonyl (C=O) groups is 1. The van der Waals surface area contributed by atoms with E-state index in [4.69, 9.17) is 11.6 Å². The van der Waals surface area contributed by atoms with Crippen LogP contribution in [-0.4, -0.2) is 24.4 Å². The molecule has 0 radical (unpaired) electrons. The lowest BCUT2D eigenvalue weighted by atomic mass is 10.2. The largest absolute Gasteiger partial charge is 0.414 e. The van der Waals surface area contributed by atoms with Gasteiger partial charge in [-0.25, -0.2) is 5.48 Å². The van der Waals surface area contributed by atoms with Crippen molar-refractivity contribution in [2.45, 2.75) is 11.9 Å². The molecule has 1 aromatic rings. The predicted octanol–water partition coefficient (Wildman–Crippen LogP) is 3.18. The molecule has 0 atom stereocenters. The number of thioether (sulfide) groups is 1. The maximum absolute atomic E-state index is 11.7. The van der Waals surface area contributed by atoms with Gasteiger partial charge in [0.2, 0.25) is 0 Å². The maximum Gasteiger partial charge on any atom is 0.414 e. The Hall–Kier alpha value is -0.920. The Labute approximate surface area is 117 Å². The monoisotopic (exact) mass is 313 g/mol. The van der Waals surface area contributed by atoms with Crippen molar-refractivity contribution < 1.29 is 22.8 Å². The minimum absolute atomic E-state index is 0.0144. The average Bonchev–Trinajstić information content (AvgIpc) is 2.30. The molecule has 1 N–H and O–H groups in total. The van der Waals surface area contributed by atoms with Gasteiger partial charge in [-0.1, -0.05) is 23.7 Å². The molecule has 1 aromatic carbocycles. The first-order chi connectivity index (χ1) is 8.87. The van der Waals surface area contributed by atoms with Gasteiger partial charge in [-0.2, -0.15) is 13.2 Å². The van der Waals surface area contributed by atoms with Crippen LogP contribution in [0.4, 0.5) is 13.2 Å². The summed E-state index contributed by atoms with van der Waals surface area (Å²) in [6.45, 7) is -1.50. The second kappa shape index (κ2) is 7.62. The van der Waals surface area contributed by atoms with Crippen LogP contribution in [-0.2, 0) is 15.4 Å². The molecule has 0 saturated carbocycles. The van der Waals surface area contributed by atoms with E-state index >= 15 is 0 Å². The van der Waals surface area contributed by atoms with E-state index in [0.717, 1.165) is 5.56 Å². The molecule has 0 aliphatic carbocycles. The summed E-state index contributed by atoms with van der Waals surface area (Å²) in [5.74, 6) is -0.0344. The van der Waals surface area contributed by atoms with Crippen molar-refractivity contribution in [1.29, 1.82) is 0 Å². The van der Waals surface area contributed by atoms with Crippen LogP contribution in [0.15, 0.2) is 24.3 Å². The van der Waals surface area contributed by atoms with Crippen LogP contribution in [0.25, 0.3) is 0 Å². The highest BCUT2D eigenvalue weighted by atomic mass is 35.5. The zero-order valence-corrected chi connectivity index (χ0v) is 11.2. The van der Waals surface area contributed by atoms with Crippen molar-refractivity contribution in [3.8, 4) is 0 Å². The first-order valence-electron chi connectivity index (χ1n) is 5.16. The second-order valence-electron chi connectivity index (χ2n) is 3.55. The van der Waals surface area contributed by atoms with Gasteiger partial charge < -0.3 is 0 Å². The normalized spacial score (nSPS) is 11.4. The van der Waals surface area contributed by atoms with Crippen molar-refractivity contribution in [1.82, 2.24) is 5.48 Å². The fraction of sp³-hybridized carbons (Fsp3) is 0.364. The molecule has 0 aromatic heterocycles. The van der Waals surface area contributed by atoms with Gasteiger partial charge in [0.05, 0.1) is 5.75 Å². The van der Waals surface area contributed by atoms with Gasteiger partial charge in [0.1, 0.15) is 0 Å². The molecule has 1 amide bonds. The summed E-state index contributed by atoms with van der Waals surface area (Å²) >= 11 is 6.97. The summed E-state index contributed by atoms with van der Waals surface area (Å²) in [6, 6.07) is 7.08. The Bertz CT molecular complexity index is 411. The van der Waals surface area contributed by atoms with Gasteiger partial charge >= 0.3 is 6.18 Å². The van der Waals surface area contributed by atoms with Crippen LogP contribution >= 0.6 is 23.4 Å². The zero-order chi connectivity index (χ0) is 14.3. The van der Waals surface area contributed by atoms with Gasteiger partial charge in [-0.3, -0.25) is 9.63 Å². The smallest absolute Gasteiger partial charge is 0.272 e. The predicted molar refractivity (Wildman–Crippen MR) is 67.8 cm³/mol. The van der Waals surface area contributed by atoms with Gasteiger partial charge in [0, 0.05) is 10.8 Å². The number of alkyl halides is 3. The molecule has 1 rings (SSSR count). The van der Waals surface area contributed by atoms with E-state index < -0.39 is 18.7 Å². The van der Waals surface area contributed by atoms with Crippen molar-refractivity contribution in [3.63, 3.8) is 0 Å². The Morgan fingerprint density at radius 1 is 1.32 bits per heavy atom. The third kappa shape index (κ3) is 7.97. The lowest BCUT2D eigenvalue weighted by Gasteiger charge is -2.08. The number of carbonyl (C=O) groups excluding carboxylic acids is 1. The molecule has 8 heteroatoms. The van der Waals surface area contributed by atoms with Crippen LogP contribution in [0.2, 0.25) is 5.02 Å².